The van der Waals surface area contributed by atoms with Gasteiger partial charge in [0.25, 0.3) is 5.91 Å². The average Bonchev–Trinajstić information content (AvgIpc) is 3.09. The van der Waals surface area contributed by atoms with Crippen LogP contribution in [0.5, 0.6) is 0 Å². The van der Waals surface area contributed by atoms with Crippen molar-refractivity contribution >= 4 is 17.6 Å². The molecule has 0 radical (unpaired) electrons. The monoisotopic (exact) mass is 355 g/mol. The van der Waals surface area contributed by atoms with Gasteiger partial charge in [-0.1, -0.05) is 18.2 Å². The Labute approximate surface area is 153 Å². The number of anilines is 1. The number of rotatable bonds is 5. The minimum Gasteiger partial charge on any atom is -0.351 e. The SMILES string of the molecule is Cn1nccc1C(=O)NCCC1CCN(C(=O)Nc2ccccc2)CC1. The molecule has 0 atom stereocenters. The van der Waals surface area contributed by atoms with E-state index in [0.29, 0.717) is 18.2 Å². The Morgan fingerprint density at radius 1 is 1.15 bits per heavy atom. The average molecular weight is 355 g/mol. The fraction of sp³-hybridized carbons (Fsp3) is 0.421. The number of likely N-dealkylation sites (tertiary alicyclic amines) is 1. The number of carbonyl (C=O) groups excluding carboxylic acids is 2. The topological polar surface area (TPSA) is 79.3 Å². The van der Waals surface area contributed by atoms with Crippen molar-refractivity contribution in [1.29, 1.82) is 0 Å². The van der Waals surface area contributed by atoms with Gasteiger partial charge in [0.2, 0.25) is 0 Å². The lowest BCUT2D eigenvalue weighted by atomic mass is 9.93. The summed E-state index contributed by atoms with van der Waals surface area (Å²) in [5, 5.41) is 9.88. The Hall–Kier alpha value is -2.83. The molecule has 1 aromatic heterocycles. The molecule has 3 rings (SSSR count). The van der Waals surface area contributed by atoms with Crippen LogP contribution >= 0.6 is 0 Å². The molecule has 1 aliphatic rings. The molecule has 7 heteroatoms. The highest BCUT2D eigenvalue weighted by Crippen LogP contribution is 2.21. The van der Waals surface area contributed by atoms with Gasteiger partial charge in [-0.05, 0) is 43.4 Å². The summed E-state index contributed by atoms with van der Waals surface area (Å²) < 4.78 is 1.57. The van der Waals surface area contributed by atoms with Crippen LogP contribution in [-0.2, 0) is 7.05 Å². The zero-order valence-corrected chi connectivity index (χ0v) is 15.0. The summed E-state index contributed by atoms with van der Waals surface area (Å²) in [6.07, 6.45) is 4.47. The molecule has 2 aromatic rings. The van der Waals surface area contributed by atoms with Crippen molar-refractivity contribution in [3.63, 3.8) is 0 Å². The van der Waals surface area contributed by atoms with Gasteiger partial charge in [0.1, 0.15) is 5.69 Å². The van der Waals surface area contributed by atoms with Crippen molar-refractivity contribution in [1.82, 2.24) is 20.0 Å². The second-order valence-corrected chi connectivity index (χ2v) is 6.61. The zero-order chi connectivity index (χ0) is 18.4. The third-order valence-corrected chi connectivity index (χ3v) is 4.82. The first-order valence-electron chi connectivity index (χ1n) is 9.00. The molecule has 2 N–H and O–H groups in total. The first-order valence-corrected chi connectivity index (χ1v) is 9.00. The molecule has 0 saturated carbocycles. The number of carbonyl (C=O) groups is 2. The van der Waals surface area contributed by atoms with Crippen LogP contribution in [0.4, 0.5) is 10.5 Å². The van der Waals surface area contributed by atoms with Crippen molar-refractivity contribution in [2.75, 3.05) is 25.0 Å². The van der Waals surface area contributed by atoms with Gasteiger partial charge in [-0.15, -0.1) is 0 Å². The molecule has 1 aliphatic heterocycles. The predicted molar refractivity (Wildman–Crippen MR) is 99.9 cm³/mol. The third kappa shape index (κ3) is 4.62. The maximum absolute atomic E-state index is 12.3. The van der Waals surface area contributed by atoms with Crippen LogP contribution in [-0.4, -0.2) is 46.3 Å². The van der Waals surface area contributed by atoms with E-state index in [1.165, 1.54) is 0 Å². The minimum atomic E-state index is -0.0929. The zero-order valence-electron chi connectivity index (χ0n) is 15.0. The van der Waals surface area contributed by atoms with E-state index < -0.39 is 0 Å². The number of para-hydroxylation sites is 1. The van der Waals surface area contributed by atoms with Crippen LogP contribution in [0.25, 0.3) is 0 Å². The van der Waals surface area contributed by atoms with E-state index >= 15 is 0 Å². The lowest BCUT2D eigenvalue weighted by Gasteiger charge is -2.32. The normalized spacial score (nSPS) is 14.9. The Kier molecular flexibility index (Phi) is 5.88. The van der Waals surface area contributed by atoms with E-state index in [0.717, 1.165) is 38.0 Å². The molecule has 1 saturated heterocycles. The number of aromatic nitrogens is 2. The van der Waals surface area contributed by atoms with Crippen LogP contribution in [0.1, 0.15) is 29.8 Å². The summed E-state index contributed by atoms with van der Waals surface area (Å²) in [5.41, 5.74) is 1.38. The van der Waals surface area contributed by atoms with Crippen LogP contribution < -0.4 is 10.6 Å². The summed E-state index contributed by atoms with van der Waals surface area (Å²) in [4.78, 5) is 26.2. The number of piperidine rings is 1. The standard InChI is InChI=1S/C19H25N5O2/c1-23-17(8-12-21-23)18(25)20-11-7-15-9-13-24(14-10-15)19(26)22-16-5-3-2-4-6-16/h2-6,8,12,15H,7,9-11,13-14H2,1H3,(H,20,25)(H,22,26). The van der Waals surface area contributed by atoms with Crippen LogP contribution in [0.2, 0.25) is 0 Å². The van der Waals surface area contributed by atoms with E-state index in [-0.39, 0.29) is 11.9 Å². The molecular weight excluding hydrogens is 330 g/mol. The highest BCUT2D eigenvalue weighted by molar-refractivity contribution is 5.92. The predicted octanol–water partition coefficient (Wildman–Crippen LogP) is 2.48. The second kappa shape index (κ2) is 8.51. The van der Waals surface area contributed by atoms with Gasteiger partial charge in [0.15, 0.2) is 0 Å². The largest absolute Gasteiger partial charge is 0.351 e. The molecule has 1 aromatic carbocycles. The van der Waals surface area contributed by atoms with Crippen molar-refractivity contribution in [2.24, 2.45) is 13.0 Å². The molecule has 7 nitrogen and oxygen atoms in total. The maximum Gasteiger partial charge on any atom is 0.321 e. The molecule has 26 heavy (non-hydrogen) atoms. The van der Waals surface area contributed by atoms with Gasteiger partial charge >= 0.3 is 6.03 Å². The van der Waals surface area contributed by atoms with Crippen molar-refractivity contribution < 1.29 is 9.59 Å². The summed E-state index contributed by atoms with van der Waals surface area (Å²) in [5.74, 6) is 0.437. The lowest BCUT2D eigenvalue weighted by molar-refractivity contribution is 0.0940. The van der Waals surface area contributed by atoms with Crippen LogP contribution in [0.3, 0.4) is 0 Å². The number of hydrogen-bond donors (Lipinski definition) is 2. The summed E-state index contributed by atoms with van der Waals surface area (Å²) in [7, 11) is 1.76. The Balaban J connectivity index is 1.36. The van der Waals surface area contributed by atoms with Gasteiger partial charge in [0.05, 0.1) is 0 Å². The first-order chi connectivity index (χ1) is 12.6. The summed E-state index contributed by atoms with van der Waals surface area (Å²) in [6, 6.07) is 11.2. The third-order valence-electron chi connectivity index (χ3n) is 4.82. The van der Waals surface area contributed by atoms with Crippen molar-refractivity contribution in [2.45, 2.75) is 19.3 Å². The molecule has 3 amide bonds. The molecular formula is C19H25N5O2. The number of benzene rings is 1. The number of hydrogen-bond acceptors (Lipinski definition) is 3. The van der Waals surface area contributed by atoms with E-state index in [1.54, 1.807) is 24.0 Å². The quantitative estimate of drug-likeness (QED) is 0.865. The Morgan fingerprint density at radius 3 is 2.54 bits per heavy atom. The number of amides is 3. The van der Waals surface area contributed by atoms with Crippen LogP contribution in [0, 0.1) is 5.92 Å². The number of nitrogens with zero attached hydrogens (tertiary/aromatic N) is 3. The van der Waals surface area contributed by atoms with E-state index in [2.05, 4.69) is 15.7 Å². The molecule has 0 bridgehead atoms. The maximum atomic E-state index is 12.3. The van der Waals surface area contributed by atoms with Gasteiger partial charge in [0, 0.05) is 38.6 Å². The molecule has 0 aliphatic carbocycles. The van der Waals surface area contributed by atoms with Crippen LogP contribution in [0.15, 0.2) is 42.6 Å². The number of aryl methyl sites for hydroxylation is 1. The number of urea groups is 1. The molecule has 138 valence electrons. The van der Waals surface area contributed by atoms with Crippen molar-refractivity contribution in [3.05, 3.63) is 48.3 Å². The molecule has 1 fully saturated rings. The fourth-order valence-electron chi connectivity index (χ4n) is 3.23. The molecule has 0 spiro atoms. The summed E-state index contributed by atoms with van der Waals surface area (Å²) >= 11 is 0. The van der Waals surface area contributed by atoms with Gasteiger partial charge < -0.3 is 15.5 Å². The lowest BCUT2D eigenvalue weighted by Crippen LogP contribution is -2.41. The van der Waals surface area contributed by atoms with E-state index in [1.807, 2.05) is 35.2 Å². The van der Waals surface area contributed by atoms with Gasteiger partial charge in [-0.25, -0.2) is 4.79 Å². The van der Waals surface area contributed by atoms with Gasteiger partial charge in [-0.3, -0.25) is 9.48 Å². The Morgan fingerprint density at radius 2 is 1.88 bits per heavy atom. The second-order valence-electron chi connectivity index (χ2n) is 6.61. The smallest absolute Gasteiger partial charge is 0.321 e. The molecule has 2 heterocycles. The highest BCUT2D eigenvalue weighted by atomic mass is 16.2. The van der Waals surface area contributed by atoms with E-state index in [4.69, 9.17) is 0 Å². The van der Waals surface area contributed by atoms with Crippen molar-refractivity contribution in [3.8, 4) is 0 Å². The Bertz CT molecular complexity index is 735. The first kappa shape index (κ1) is 18.0. The highest BCUT2D eigenvalue weighted by Gasteiger charge is 2.22. The van der Waals surface area contributed by atoms with E-state index in [9.17, 15) is 9.59 Å². The minimum absolute atomic E-state index is 0.0424. The fourth-order valence-corrected chi connectivity index (χ4v) is 3.23. The number of nitrogens with one attached hydrogen (secondary N) is 2. The molecule has 0 unspecified atom stereocenters. The van der Waals surface area contributed by atoms with Gasteiger partial charge in [-0.2, -0.15) is 5.10 Å². The summed E-state index contributed by atoms with van der Waals surface area (Å²) in [6.45, 7) is 2.14.